The lowest BCUT2D eigenvalue weighted by atomic mass is 9.80. The van der Waals surface area contributed by atoms with Crippen molar-refractivity contribution in [2.45, 2.75) is 39.2 Å². The Labute approximate surface area is 117 Å². The molecular formula is C14H19BrClN. The summed E-state index contributed by atoms with van der Waals surface area (Å²) in [4.78, 5) is 0. The third-order valence-electron chi connectivity index (χ3n) is 3.70. The number of anilines is 1. The van der Waals surface area contributed by atoms with Gasteiger partial charge in [-0.25, -0.2) is 0 Å². The zero-order valence-corrected chi connectivity index (χ0v) is 12.7. The standard InChI is InChI=1S/C14H19BrClN/c1-9-3-6-13(10(2)7-9)17-14-8-11(15)4-5-12(14)16/h4-5,8-10,13,17H,3,6-7H2,1-2H3. The Morgan fingerprint density at radius 3 is 2.76 bits per heavy atom. The van der Waals surface area contributed by atoms with Crippen molar-refractivity contribution in [1.82, 2.24) is 0 Å². The van der Waals surface area contributed by atoms with Crippen LogP contribution in [0.25, 0.3) is 0 Å². The van der Waals surface area contributed by atoms with Gasteiger partial charge in [0.2, 0.25) is 0 Å². The van der Waals surface area contributed by atoms with E-state index in [9.17, 15) is 0 Å². The molecule has 3 heteroatoms. The van der Waals surface area contributed by atoms with E-state index in [1.54, 1.807) is 0 Å². The van der Waals surface area contributed by atoms with Gasteiger partial charge in [-0.2, -0.15) is 0 Å². The number of halogens is 2. The van der Waals surface area contributed by atoms with Crippen molar-refractivity contribution in [3.63, 3.8) is 0 Å². The molecule has 1 saturated carbocycles. The van der Waals surface area contributed by atoms with Crippen LogP contribution in [0.2, 0.25) is 5.02 Å². The lowest BCUT2D eigenvalue weighted by Gasteiger charge is -2.34. The second-order valence-electron chi connectivity index (χ2n) is 5.27. The first-order valence-electron chi connectivity index (χ1n) is 6.28. The summed E-state index contributed by atoms with van der Waals surface area (Å²) in [6, 6.07) is 6.52. The molecule has 0 bridgehead atoms. The van der Waals surface area contributed by atoms with E-state index in [2.05, 4.69) is 41.2 Å². The average Bonchev–Trinajstić information content (AvgIpc) is 2.27. The molecule has 1 aliphatic rings. The van der Waals surface area contributed by atoms with Crippen LogP contribution in [0.1, 0.15) is 33.1 Å². The van der Waals surface area contributed by atoms with Crippen LogP contribution >= 0.6 is 27.5 Å². The highest BCUT2D eigenvalue weighted by molar-refractivity contribution is 9.10. The maximum absolute atomic E-state index is 6.21. The molecule has 0 aliphatic heterocycles. The van der Waals surface area contributed by atoms with E-state index < -0.39 is 0 Å². The summed E-state index contributed by atoms with van der Waals surface area (Å²) in [7, 11) is 0. The van der Waals surface area contributed by atoms with Crippen molar-refractivity contribution in [2.24, 2.45) is 11.8 Å². The van der Waals surface area contributed by atoms with E-state index >= 15 is 0 Å². The van der Waals surface area contributed by atoms with Crippen LogP contribution in [0.4, 0.5) is 5.69 Å². The molecular weight excluding hydrogens is 298 g/mol. The normalized spacial score (nSPS) is 29.1. The Kier molecular flexibility index (Phi) is 4.37. The van der Waals surface area contributed by atoms with E-state index in [0.717, 1.165) is 21.1 Å². The largest absolute Gasteiger partial charge is 0.381 e. The zero-order valence-electron chi connectivity index (χ0n) is 10.3. The Hall–Kier alpha value is -0.210. The fourth-order valence-corrected chi connectivity index (χ4v) is 3.22. The molecule has 0 aromatic heterocycles. The van der Waals surface area contributed by atoms with Crippen molar-refractivity contribution in [3.05, 3.63) is 27.7 Å². The van der Waals surface area contributed by atoms with Gasteiger partial charge >= 0.3 is 0 Å². The monoisotopic (exact) mass is 315 g/mol. The number of hydrogen-bond donors (Lipinski definition) is 1. The van der Waals surface area contributed by atoms with Gasteiger partial charge in [-0.05, 0) is 49.3 Å². The van der Waals surface area contributed by atoms with Crippen LogP contribution in [0.3, 0.4) is 0 Å². The summed E-state index contributed by atoms with van der Waals surface area (Å²) in [6.45, 7) is 4.68. The van der Waals surface area contributed by atoms with Crippen LogP contribution in [0, 0.1) is 11.8 Å². The Morgan fingerprint density at radius 2 is 2.06 bits per heavy atom. The van der Waals surface area contributed by atoms with E-state index in [0.29, 0.717) is 12.0 Å². The average molecular weight is 317 g/mol. The lowest BCUT2D eigenvalue weighted by molar-refractivity contribution is 0.276. The van der Waals surface area contributed by atoms with Gasteiger partial charge in [0, 0.05) is 10.5 Å². The van der Waals surface area contributed by atoms with Gasteiger partial charge in [0.25, 0.3) is 0 Å². The third kappa shape index (κ3) is 3.38. The van der Waals surface area contributed by atoms with Crippen LogP contribution < -0.4 is 5.32 Å². The Morgan fingerprint density at radius 1 is 1.29 bits per heavy atom. The van der Waals surface area contributed by atoms with Gasteiger partial charge in [0.05, 0.1) is 10.7 Å². The fourth-order valence-electron chi connectivity index (χ4n) is 2.69. The molecule has 0 radical (unpaired) electrons. The summed E-state index contributed by atoms with van der Waals surface area (Å²) >= 11 is 9.70. The van der Waals surface area contributed by atoms with Gasteiger partial charge < -0.3 is 5.32 Å². The maximum atomic E-state index is 6.21. The maximum Gasteiger partial charge on any atom is 0.0638 e. The topological polar surface area (TPSA) is 12.0 Å². The first kappa shape index (κ1) is 13.2. The van der Waals surface area contributed by atoms with Crippen molar-refractivity contribution < 1.29 is 0 Å². The summed E-state index contributed by atoms with van der Waals surface area (Å²) in [5.41, 5.74) is 1.05. The van der Waals surface area contributed by atoms with E-state index in [4.69, 9.17) is 11.6 Å². The highest BCUT2D eigenvalue weighted by Gasteiger charge is 2.25. The van der Waals surface area contributed by atoms with Crippen LogP contribution in [-0.2, 0) is 0 Å². The van der Waals surface area contributed by atoms with Crippen molar-refractivity contribution >= 4 is 33.2 Å². The summed E-state index contributed by atoms with van der Waals surface area (Å²) in [6.07, 6.45) is 3.86. The molecule has 3 unspecified atom stereocenters. The number of rotatable bonds is 2. The van der Waals surface area contributed by atoms with E-state index in [1.807, 2.05) is 12.1 Å². The molecule has 1 N–H and O–H groups in total. The zero-order chi connectivity index (χ0) is 12.4. The van der Waals surface area contributed by atoms with E-state index in [-0.39, 0.29) is 0 Å². The number of benzene rings is 1. The molecule has 0 heterocycles. The van der Waals surface area contributed by atoms with Crippen LogP contribution in [0.5, 0.6) is 0 Å². The predicted octanol–water partition coefficient (Wildman–Crippen LogP) is 5.34. The van der Waals surface area contributed by atoms with Crippen molar-refractivity contribution in [1.29, 1.82) is 0 Å². The molecule has 17 heavy (non-hydrogen) atoms. The highest BCUT2D eigenvalue weighted by atomic mass is 79.9. The Bertz CT molecular complexity index is 394. The van der Waals surface area contributed by atoms with Crippen molar-refractivity contribution in [2.75, 3.05) is 5.32 Å². The molecule has 0 spiro atoms. The van der Waals surface area contributed by atoms with Gasteiger partial charge in [0.15, 0.2) is 0 Å². The number of nitrogens with one attached hydrogen (secondary N) is 1. The molecule has 0 amide bonds. The minimum Gasteiger partial charge on any atom is -0.381 e. The molecule has 0 saturated heterocycles. The first-order chi connectivity index (χ1) is 8.06. The third-order valence-corrected chi connectivity index (χ3v) is 4.52. The SMILES string of the molecule is CC1CCC(Nc2cc(Br)ccc2Cl)C(C)C1. The second-order valence-corrected chi connectivity index (χ2v) is 6.59. The molecule has 1 aromatic rings. The lowest BCUT2D eigenvalue weighted by Crippen LogP contribution is -2.33. The summed E-state index contributed by atoms with van der Waals surface area (Å²) in [5, 5.41) is 4.40. The molecule has 1 aromatic carbocycles. The molecule has 1 fully saturated rings. The van der Waals surface area contributed by atoms with Crippen LogP contribution in [0.15, 0.2) is 22.7 Å². The minimum atomic E-state index is 0.554. The van der Waals surface area contributed by atoms with Gasteiger partial charge in [-0.15, -0.1) is 0 Å². The summed E-state index contributed by atoms with van der Waals surface area (Å²) in [5.74, 6) is 1.58. The predicted molar refractivity (Wildman–Crippen MR) is 78.7 cm³/mol. The molecule has 94 valence electrons. The smallest absolute Gasteiger partial charge is 0.0638 e. The second kappa shape index (κ2) is 5.62. The van der Waals surface area contributed by atoms with Gasteiger partial charge in [0.1, 0.15) is 0 Å². The van der Waals surface area contributed by atoms with Gasteiger partial charge in [-0.1, -0.05) is 41.4 Å². The minimum absolute atomic E-state index is 0.554. The van der Waals surface area contributed by atoms with Gasteiger partial charge in [-0.3, -0.25) is 0 Å². The van der Waals surface area contributed by atoms with Crippen LogP contribution in [-0.4, -0.2) is 6.04 Å². The summed E-state index contributed by atoms with van der Waals surface area (Å²) < 4.78 is 1.07. The first-order valence-corrected chi connectivity index (χ1v) is 7.45. The molecule has 2 rings (SSSR count). The highest BCUT2D eigenvalue weighted by Crippen LogP contribution is 2.33. The number of hydrogen-bond acceptors (Lipinski definition) is 1. The van der Waals surface area contributed by atoms with E-state index in [1.165, 1.54) is 19.3 Å². The molecule has 3 atom stereocenters. The van der Waals surface area contributed by atoms with Crippen molar-refractivity contribution in [3.8, 4) is 0 Å². The Balaban J connectivity index is 2.07. The fraction of sp³-hybridized carbons (Fsp3) is 0.571. The quantitative estimate of drug-likeness (QED) is 0.776. The molecule has 1 nitrogen and oxygen atoms in total. The molecule has 1 aliphatic carbocycles.